The SMILES string of the molecule is C[C@H]1C[C@H]1C(=O)N1CCN(c2ccccn2)CC1. The topological polar surface area (TPSA) is 36.4 Å². The number of pyridine rings is 1. The number of amides is 1. The minimum Gasteiger partial charge on any atom is -0.353 e. The number of aromatic nitrogens is 1. The highest BCUT2D eigenvalue weighted by molar-refractivity contribution is 5.81. The zero-order chi connectivity index (χ0) is 12.5. The van der Waals surface area contributed by atoms with Crippen molar-refractivity contribution in [3.8, 4) is 0 Å². The van der Waals surface area contributed by atoms with E-state index in [9.17, 15) is 4.79 Å². The molecule has 4 heteroatoms. The Morgan fingerprint density at radius 1 is 1.28 bits per heavy atom. The van der Waals surface area contributed by atoms with Gasteiger partial charge in [0.2, 0.25) is 5.91 Å². The molecule has 0 bridgehead atoms. The molecule has 3 rings (SSSR count). The van der Waals surface area contributed by atoms with Gasteiger partial charge in [-0.25, -0.2) is 4.98 Å². The third kappa shape index (κ3) is 2.19. The van der Waals surface area contributed by atoms with Crippen LogP contribution in [0.3, 0.4) is 0 Å². The molecule has 2 aliphatic rings. The Morgan fingerprint density at radius 3 is 2.56 bits per heavy atom. The zero-order valence-electron chi connectivity index (χ0n) is 10.7. The summed E-state index contributed by atoms with van der Waals surface area (Å²) in [5.41, 5.74) is 0. The Morgan fingerprint density at radius 2 is 2.00 bits per heavy atom. The van der Waals surface area contributed by atoms with E-state index >= 15 is 0 Å². The van der Waals surface area contributed by atoms with E-state index in [-0.39, 0.29) is 0 Å². The fraction of sp³-hybridized carbons (Fsp3) is 0.571. The van der Waals surface area contributed by atoms with Crippen molar-refractivity contribution < 1.29 is 4.79 Å². The Bertz CT molecular complexity index is 426. The summed E-state index contributed by atoms with van der Waals surface area (Å²) in [7, 11) is 0. The summed E-state index contributed by atoms with van der Waals surface area (Å²) < 4.78 is 0. The number of nitrogens with zero attached hydrogens (tertiary/aromatic N) is 3. The number of hydrogen-bond donors (Lipinski definition) is 0. The van der Waals surface area contributed by atoms with Gasteiger partial charge in [0, 0.05) is 38.3 Å². The fourth-order valence-corrected chi connectivity index (χ4v) is 2.60. The molecule has 0 aromatic carbocycles. The van der Waals surface area contributed by atoms with Gasteiger partial charge in [-0.05, 0) is 24.5 Å². The minimum atomic E-state index is 0.311. The van der Waals surface area contributed by atoms with Gasteiger partial charge in [-0.15, -0.1) is 0 Å². The molecule has 1 aliphatic carbocycles. The van der Waals surface area contributed by atoms with Crippen LogP contribution in [0.1, 0.15) is 13.3 Å². The highest BCUT2D eigenvalue weighted by atomic mass is 16.2. The van der Waals surface area contributed by atoms with E-state index in [1.54, 1.807) is 0 Å². The van der Waals surface area contributed by atoms with Crippen molar-refractivity contribution in [2.45, 2.75) is 13.3 Å². The maximum absolute atomic E-state index is 12.1. The second-order valence-corrected chi connectivity index (χ2v) is 5.32. The molecule has 0 N–H and O–H groups in total. The van der Waals surface area contributed by atoms with Gasteiger partial charge in [0.25, 0.3) is 0 Å². The van der Waals surface area contributed by atoms with Crippen molar-refractivity contribution in [2.24, 2.45) is 11.8 Å². The molecule has 4 nitrogen and oxygen atoms in total. The first-order valence-corrected chi connectivity index (χ1v) is 6.70. The first kappa shape index (κ1) is 11.5. The fourth-order valence-electron chi connectivity index (χ4n) is 2.60. The normalized spacial score (nSPS) is 27.2. The van der Waals surface area contributed by atoms with Crippen LogP contribution in [0.25, 0.3) is 0 Å². The largest absolute Gasteiger partial charge is 0.353 e. The lowest BCUT2D eigenvalue weighted by molar-refractivity contribution is -0.133. The molecule has 1 saturated carbocycles. The predicted molar refractivity (Wildman–Crippen MR) is 70.3 cm³/mol. The lowest BCUT2D eigenvalue weighted by Crippen LogP contribution is -2.49. The Balaban J connectivity index is 1.57. The molecule has 96 valence electrons. The van der Waals surface area contributed by atoms with Crippen LogP contribution in [0.2, 0.25) is 0 Å². The van der Waals surface area contributed by atoms with Gasteiger partial charge in [-0.3, -0.25) is 4.79 Å². The van der Waals surface area contributed by atoms with Crippen LogP contribution in [0.4, 0.5) is 5.82 Å². The summed E-state index contributed by atoms with van der Waals surface area (Å²) in [6.45, 7) is 5.61. The maximum Gasteiger partial charge on any atom is 0.226 e. The van der Waals surface area contributed by atoms with Crippen LogP contribution >= 0.6 is 0 Å². The molecule has 18 heavy (non-hydrogen) atoms. The molecule has 2 fully saturated rings. The third-order valence-electron chi connectivity index (χ3n) is 3.99. The molecule has 2 heterocycles. The van der Waals surface area contributed by atoms with Crippen LogP contribution in [0, 0.1) is 11.8 Å². The van der Waals surface area contributed by atoms with Gasteiger partial charge in [0.05, 0.1) is 0 Å². The van der Waals surface area contributed by atoms with Gasteiger partial charge in [-0.2, -0.15) is 0 Å². The average molecular weight is 245 g/mol. The van der Waals surface area contributed by atoms with E-state index < -0.39 is 0 Å². The van der Waals surface area contributed by atoms with Gasteiger partial charge in [0.15, 0.2) is 0 Å². The molecule has 0 radical (unpaired) electrons. The van der Waals surface area contributed by atoms with Gasteiger partial charge >= 0.3 is 0 Å². The summed E-state index contributed by atoms with van der Waals surface area (Å²) in [5, 5.41) is 0. The smallest absolute Gasteiger partial charge is 0.226 e. The Hall–Kier alpha value is -1.58. The molecule has 1 aromatic rings. The Labute approximate surface area is 108 Å². The second kappa shape index (κ2) is 4.59. The highest BCUT2D eigenvalue weighted by Crippen LogP contribution is 2.39. The summed E-state index contributed by atoms with van der Waals surface area (Å²) in [6, 6.07) is 5.96. The summed E-state index contributed by atoms with van der Waals surface area (Å²) in [4.78, 5) is 20.7. The molecule has 1 aliphatic heterocycles. The molecule has 2 atom stereocenters. The van der Waals surface area contributed by atoms with Crippen molar-refractivity contribution >= 4 is 11.7 Å². The lowest BCUT2D eigenvalue weighted by atomic mass is 10.2. The molecule has 1 saturated heterocycles. The molecule has 1 amide bonds. The van der Waals surface area contributed by atoms with Crippen LogP contribution < -0.4 is 4.90 Å². The molecular weight excluding hydrogens is 226 g/mol. The highest BCUT2D eigenvalue weighted by Gasteiger charge is 2.41. The predicted octanol–water partition coefficient (Wildman–Crippen LogP) is 1.39. The number of rotatable bonds is 2. The van der Waals surface area contributed by atoms with E-state index in [0.717, 1.165) is 38.4 Å². The minimum absolute atomic E-state index is 0.311. The second-order valence-electron chi connectivity index (χ2n) is 5.32. The van der Waals surface area contributed by atoms with Crippen LogP contribution in [-0.4, -0.2) is 42.0 Å². The summed E-state index contributed by atoms with van der Waals surface area (Å²) in [5.74, 6) is 2.30. The number of hydrogen-bond acceptors (Lipinski definition) is 3. The number of carbonyl (C=O) groups excluding carboxylic acids is 1. The molecular formula is C14H19N3O. The van der Waals surface area contributed by atoms with E-state index in [4.69, 9.17) is 0 Å². The van der Waals surface area contributed by atoms with Crippen molar-refractivity contribution in [1.82, 2.24) is 9.88 Å². The van der Waals surface area contributed by atoms with Crippen molar-refractivity contribution in [3.63, 3.8) is 0 Å². The molecule has 0 unspecified atom stereocenters. The van der Waals surface area contributed by atoms with E-state index in [0.29, 0.717) is 17.7 Å². The summed E-state index contributed by atoms with van der Waals surface area (Å²) >= 11 is 0. The van der Waals surface area contributed by atoms with Crippen molar-refractivity contribution in [2.75, 3.05) is 31.1 Å². The summed E-state index contributed by atoms with van der Waals surface area (Å²) in [6.07, 6.45) is 2.90. The number of carbonyl (C=O) groups is 1. The van der Waals surface area contributed by atoms with E-state index in [1.165, 1.54) is 0 Å². The first-order chi connectivity index (χ1) is 8.75. The van der Waals surface area contributed by atoms with Crippen molar-refractivity contribution in [3.05, 3.63) is 24.4 Å². The third-order valence-corrected chi connectivity index (χ3v) is 3.99. The van der Waals surface area contributed by atoms with Crippen LogP contribution in [-0.2, 0) is 4.79 Å². The van der Waals surface area contributed by atoms with E-state index in [1.807, 2.05) is 29.3 Å². The average Bonchev–Trinajstić information content (AvgIpc) is 3.16. The number of piperazine rings is 1. The molecule has 1 aromatic heterocycles. The van der Waals surface area contributed by atoms with Crippen LogP contribution in [0.15, 0.2) is 24.4 Å². The standard InChI is InChI=1S/C14H19N3O/c1-11-10-12(11)14(18)17-8-6-16(7-9-17)13-4-2-3-5-15-13/h2-5,11-12H,6-10H2,1H3/t11-,12+/m0/s1. The van der Waals surface area contributed by atoms with Crippen molar-refractivity contribution in [1.29, 1.82) is 0 Å². The van der Waals surface area contributed by atoms with Gasteiger partial charge in [-0.1, -0.05) is 13.0 Å². The van der Waals surface area contributed by atoms with Crippen LogP contribution in [0.5, 0.6) is 0 Å². The monoisotopic (exact) mass is 245 g/mol. The lowest BCUT2D eigenvalue weighted by Gasteiger charge is -2.35. The Kier molecular flexibility index (Phi) is 2.94. The quantitative estimate of drug-likeness (QED) is 0.790. The van der Waals surface area contributed by atoms with Gasteiger partial charge < -0.3 is 9.80 Å². The maximum atomic E-state index is 12.1. The first-order valence-electron chi connectivity index (χ1n) is 6.70. The van der Waals surface area contributed by atoms with Gasteiger partial charge in [0.1, 0.15) is 5.82 Å². The number of anilines is 1. The van der Waals surface area contributed by atoms with E-state index in [2.05, 4.69) is 16.8 Å². The molecule has 0 spiro atoms. The zero-order valence-corrected chi connectivity index (χ0v) is 10.7.